The quantitative estimate of drug-likeness (QED) is 0.496. The highest BCUT2D eigenvalue weighted by Gasteiger charge is 2.26. The van der Waals surface area contributed by atoms with Crippen LogP contribution in [0.4, 0.5) is 5.69 Å². The van der Waals surface area contributed by atoms with Gasteiger partial charge in [-0.1, -0.05) is 42.2 Å². The van der Waals surface area contributed by atoms with Gasteiger partial charge in [-0.15, -0.1) is 0 Å². The number of amides is 2. The zero-order valence-electron chi connectivity index (χ0n) is 16.6. The maximum absolute atomic E-state index is 12.2. The van der Waals surface area contributed by atoms with Crippen LogP contribution < -0.4 is 14.8 Å². The standard InChI is InChI=1S/C21H21N3O4S2/c1-3-27-18-10-15(11-22-24-20(26)13-30-21(24)29)8-9-17(18)28-12-19(25)23-16-7-5-4-6-14(16)2/h4-11H,3,12-13H2,1-2H3,(H,23,25)/b22-11-. The molecule has 2 amide bonds. The molecule has 2 aromatic rings. The first-order chi connectivity index (χ1) is 14.5. The fourth-order valence-electron chi connectivity index (χ4n) is 2.62. The molecule has 0 aromatic heterocycles. The van der Waals surface area contributed by atoms with Gasteiger partial charge < -0.3 is 14.8 Å². The molecule has 1 heterocycles. The number of hydrazone groups is 1. The van der Waals surface area contributed by atoms with E-state index in [2.05, 4.69) is 10.4 Å². The molecule has 1 N–H and O–H groups in total. The number of ether oxygens (including phenoxy) is 2. The van der Waals surface area contributed by atoms with Gasteiger partial charge in [0.05, 0.1) is 18.6 Å². The van der Waals surface area contributed by atoms with Crippen LogP contribution in [-0.4, -0.2) is 46.3 Å². The smallest absolute Gasteiger partial charge is 0.262 e. The van der Waals surface area contributed by atoms with Crippen molar-refractivity contribution in [3.8, 4) is 11.5 Å². The van der Waals surface area contributed by atoms with Crippen molar-refractivity contribution in [1.82, 2.24) is 5.01 Å². The van der Waals surface area contributed by atoms with E-state index in [1.54, 1.807) is 18.2 Å². The van der Waals surface area contributed by atoms with E-state index in [4.69, 9.17) is 21.7 Å². The predicted molar refractivity (Wildman–Crippen MR) is 122 cm³/mol. The second kappa shape index (κ2) is 10.2. The molecule has 1 aliphatic rings. The lowest BCUT2D eigenvalue weighted by molar-refractivity contribution is -0.124. The van der Waals surface area contributed by atoms with E-state index in [0.717, 1.165) is 11.3 Å². The van der Waals surface area contributed by atoms with Crippen LogP contribution in [0, 0.1) is 6.92 Å². The number of carbonyl (C=O) groups excluding carboxylic acids is 2. The van der Waals surface area contributed by atoms with Gasteiger partial charge in [-0.2, -0.15) is 10.1 Å². The molecule has 0 aliphatic carbocycles. The van der Waals surface area contributed by atoms with Gasteiger partial charge in [0.1, 0.15) is 0 Å². The van der Waals surface area contributed by atoms with Crippen molar-refractivity contribution in [2.75, 3.05) is 24.3 Å². The van der Waals surface area contributed by atoms with Gasteiger partial charge in [0.2, 0.25) is 0 Å². The first-order valence-corrected chi connectivity index (χ1v) is 10.7. The van der Waals surface area contributed by atoms with Crippen LogP contribution >= 0.6 is 24.0 Å². The van der Waals surface area contributed by atoms with Crippen LogP contribution in [0.5, 0.6) is 11.5 Å². The summed E-state index contributed by atoms with van der Waals surface area (Å²) < 4.78 is 11.7. The molecule has 1 saturated heterocycles. The lowest BCUT2D eigenvalue weighted by atomic mass is 10.2. The second-order valence-electron chi connectivity index (χ2n) is 6.30. The topological polar surface area (TPSA) is 80.2 Å². The van der Waals surface area contributed by atoms with E-state index in [-0.39, 0.29) is 18.4 Å². The summed E-state index contributed by atoms with van der Waals surface area (Å²) in [4.78, 5) is 24.0. The highest BCUT2D eigenvalue weighted by atomic mass is 32.2. The van der Waals surface area contributed by atoms with E-state index in [0.29, 0.717) is 33.7 Å². The van der Waals surface area contributed by atoms with E-state index in [1.165, 1.54) is 23.0 Å². The van der Waals surface area contributed by atoms with Crippen molar-refractivity contribution < 1.29 is 19.1 Å². The monoisotopic (exact) mass is 443 g/mol. The Bertz CT molecular complexity index is 978. The Labute approximate surface area is 184 Å². The number of benzene rings is 2. The Morgan fingerprint density at radius 1 is 1.27 bits per heavy atom. The molecular weight excluding hydrogens is 422 g/mol. The maximum atomic E-state index is 12.2. The van der Waals surface area contributed by atoms with Crippen molar-refractivity contribution in [3.63, 3.8) is 0 Å². The van der Waals surface area contributed by atoms with Crippen molar-refractivity contribution in [3.05, 3.63) is 53.6 Å². The van der Waals surface area contributed by atoms with Crippen LogP contribution in [0.25, 0.3) is 0 Å². The summed E-state index contributed by atoms with van der Waals surface area (Å²) in [5.41, 5.74) is 2.43. The van der Waals surface area contributed by atoms with E-state index >= 15 is 0 Å². The van der Waals surface area contributed by atoms with Gasteiger partial charge in [-0.05, 0) is 49.2 Å². The van der Waals surface area contributed by atoms with Gasteiger partial charge in [0, 0.05) is 5.69 Å². The third kappa shape index (κ3) is 5.58. The molecule has 9 heteroatoms. The number of hydrogen-bond acceptors (Lipinski definition) is 7. The van der Waals surface area contributed by atoms with E-state index < -0.39 is 0 Å². The molecule has 0 atom stereocenters. The first-order valence-electron chi connectivity index (χ1n) is 9.26. The predicted octanol–water partition coefficient (Wildman–Crippen LogP) is 3.61. The minimum absolute atomic E-state index is 0.147. The number of hydrogen-bond donors (Lipinski definition) is 1. The molecule has 2 aromatic carbocycles. The largest absolute Gasteiger partial charge is 0.490 e. The third-order valence-electron chi connectivity index (χ3n) is 4.10. The van der Waals surface area contributed by atoms with Crippen molar-refractivity contribution in [2.45, 2.75) is 13.8 Å². The Balaban J connectivity index is 1.66. The number of anilines is 1. The minimum Gasteiger partial charge on any atom is -0.490 e. The zero-order chi connectivity index (χ0) is 21.5. The van der Waals surface area contributed by atoms with Gasteiger partial charge in [-0.3, -0.25) is 9.59 Å². The highest BCUT2D eigenvalue weighted by molar-refractivity contribution is 8.23. The SMILES string of the molecule is CCOc1cc(/C=N\N2C(=O)CSC2=S)ccc1OCC(=O)Nc1ccccc1C. The van der Waals surface area contributed by atoms with Crippen LogP contribution in [-0.2, 0) is 9.59 Å². The van der Waals surface area contributed by atoms with Gasteiger partial charge in [0.15, 0.2) is 22.4 Å². The summed E-state index contributed by atoms with van der Waals surface area (Å²) in [5, 5.41) is 8.19. The maximum Gasteiger partial charge on any atom is 0.262 e. The first kappa shape index (κ1) is 21.8. The van der Waals surface area contributed by atoms with Gasteiger partial charge in [0.25, 0.3) is 11.8 Å². The summed E-state index contributed by atoms with van der Waals surface area (Å²) in [7, 11) is 0. The number of thiocarbonyl (C=S) groups is 1. The Hall–Kier alpha value is -2.91. The molecule has 0 spiro atoms. The number of carbonyl (C=O) groups is 2. The summed E-state index contributed by atoms with van der Waals surface area (Å²) >= 11 is 6.39. The summed E-state index contributed by atoms with van der Waals surface area (Å²) in [6, 6.07) is 12.7. The Kier molecular flexibility index (Phi) is 7.42. The lowest BCUT2D eigenvalue weighted by Gasteiger charge is -2.13. The summed E-state index contributed by atoms with van der Waals surface area (Å²) in [6.07, 6.45) is 1.53. The van der Waals surface area contributed by atoms with Crippen LogP contribution in [0.1, 0.15) is 18.1 Å². The molecule has 156 valence electrons. The number of para-hydroxylation sites is 1. The average molecular weight is 444 g/mol. The fraction of sp³-hybridized carbons (Fsp3) is 0.238. The molecule has 3 rings (SSSR count). The number of rotatable bonds is 8. The third-order valence-corrected chi connectivity index (χ3v) is 5.43. The minimum atomic E-state index is -0.268. The molecule has 0 bridgehead atoms. The zero-order valence-corrected chi connectivity index (χ0v) is 18.2. The van der Waals surface area contributed by atoms with Crippen molar-refractivity contribution in [2.24, 2.45) is 5.10 Å². The number of aryl methyl sites for hydroxylation is 1. The molecule has 0 unspecified atom stereocenters. The molecular formula is C21H21N3O4S2. The van der Waals surface area contributed by atoms with E-state index in [9.17, 15) is 9.59 Å². The molecule has 0 saturated carbocycles. The van der Waals surface area contributed by atoms with E-state index in [1.807, 2.05) is 38.1 Å². The Morgan fingerprint density at radius 2 is 2.07 bits per heavy atom. The fourth-order valence-corrected chi connectivity index (χ4v) is 3.58. The highest BCUT2D eigenvalue weighted by Crippen LogP contribution is 2.28. The molecule has 1 fully saturated rings. The normalized spacial score (nSPS) is 13.7. The van der Waals surface area contributed by atoms with Gasteiger partial charge >= 0.3 is 0 Å². The van der Waals surface area contributed by atoms with Crippen molar-refractivity contribution in [1.29, 1.82) is 0 Å². The molecule has 7 nitrogen and oxygen atoms in total. The van der Waals surface area contributed by atoms with Crippen LogP contribution in [0.2, 0.25) is 0 Å². The lowest BCUT2D eigenvalue weighted by Crippen LogP contribution is -2.22. The van der Waals surface area contributed by atoms with Crippen LogP contribution in [0.15, 0.2) is 47.6 Å². The Morgan fingerprint density at radius 3 is 2.77 bits per heavy atom. The molecule has 30 heavy (non-hydrogen) atoms. The summed E-state index contributed by atoms with van der Waals surface area (Å²) in [6.45, 7) is 4.05. The average Bonchev–Trinajstić information content (AvgIpc) is 3.05. The summed E-state index contributed by atoms with van der Waals surface area (Å²) in [5.74, 6) is 0.812. The van der Waals surface area contributed by atoms with Gasteiger partial charge in [-0.25, -0.2) is 0 Å². The molecule has 1 aliphatic heterocycles. The molecule has 0 radical (unpaired) electrons. The number of nitrogens with one attached hydrogen (secondary N) is 1. The van der Waals surface area contributed by atoms with Crippen LogP contribution in [0.3, 0.4) is 0 Å². The number of nitrogens with zero attached hydrogens (tertiary/aromatic N) is 2. The second-order valence-corrected chi connectivity index (χ2v) is 7.90. The van der Waals surface area contributed by atoms with Crippen molar-refractivity contribution >= 4 is 52.0 Å². The number of thioether (sulfide) groups is 1.